The summed E-state index contributed by atoms with van der Waals surface area (Å²) in [6, 6.07) is 2.67. The first kappa shape index (κ1) is 14.4. The van der Waals surface area contributed by atoms with Crippen LogP contribution in [-0.4, -0.2) is 54.7 Å². The zero-order chi connectivity index (χ0) is 14.1. The summed E-state index contributed by atoms with van der Waals surface area (Å²) in [7, 11) is 4.23. The number of carbonyl (C=O) groups is 1. The fourth-order valence-electron chi connectivity index (χ4n) is 3.09. The standard InChI is InChI=1S/C15H22N2OS2/c1-16(2)11-4-3-7-17(10-11)15(18)14-12-5-8-19-13(12)6-9-20-14/h5,8,11,14H,3-4,6-7,9-10H2,1-2H3/t11-,14+/m1/s1. The predicted octanol–water partition coefficient (Wildman–Crippen LogP) is 2.63. The Morgan fingerprint density at radius 2 is 2.30 bits per heavy atom. The summed E-state index contributed by atoms with van der Waals surface area (Å²) in [5, 5.41) is 2.18. The Kier molecular flexibility index (Phi) is 4.38. The average molecular weight is 310 g/mol. The highest BCUT2D eigenvalue weighted by molar-refractivity contribution is 8.00. The number of thiophene rings is 1. The molecule has 0 unspecified atom stereocenters. The molecule has 3 heterocycles. The van der Waals surface area contributed by atoms with E-state index in [1.807, 2.05) is 11.8 Å². The fourth-order valence-corrected chi connectivity index (χ4v) is 5.47. The van der Waals surface area contributed by atoms with Gasteiger partial charge in [0.05, 0.1) is 0 Å². The van der Waals surface area contributed by atoms with Crippen LogP contribution in [0.1, 0.15) is 28.5 Å². The van der Waals surface area contributed by atoms with Crippen LogP contribution in [0.25, 0.3) is 0 Å². The maximum atomic E-state index is 12.9. The molecule has 1 aromatic rings. The van der Waals surface area contributed by atoms with E-state index < -0.39 is 0 Å². The van der Waals surface area contributed by atoms with Gasteiger partial charge in [0.1, 0.15) is 5.25 Å². The van der Waals surface area contributed by atoms with Gasteiger partial charge in [-0.15, -0.1) is 23.1 Å². The second-order valence-corrected chi connectivity index (χ2v) is 8.06. The molecule has 2 atom stereocenters. The Balaban J connectivity index is 1.74. The van der Waals surface area contributed by atoms with Crippen molar-refractivity contribution in [2.75, 3.05) is 32.9 Å². The first-order valence-electron chi connectivity index (χ1n) is 7.30. The number of likely N-dealkylation sites (N-methyl/N-ethyl adjacent to an activating group) is 1. The number of hydrogen-bond donors (Lipinski definition) is 0. The van der Waals surface area contributed by atoms with Crippen LogP contribution in [0.2, 0.25) is 0 Å². The number of piperidine rings is 1. The zero-order valence-corrected chi connectivity index (χ0v) is 13.8. The van der Waals surface area contributed by atoms with Crippen molar-refractivity contribution in [3.8, 4) is 0 Å². The van der Waals surface area contributed by atoms with Gasteiger partial charge in [0.25, 0.3) is 0 Å². The van der Waals surface area contributed by atoms with Crippen molar-refractivity contribution in [2.24, 2.45) is 0 Å². The summed E-state index contributed by atoms with van der Waals surface area (Å²) in [6.07, 6.45) is 3.46. The number of aryl methyl sites for hydroxylation is 1. The van der Waals surface area contributed by atoms with Gasteiger partial charge in [0, 0.05) is 24.0 Å². The van der Waals surface area contributed by atoms with Crippen molar-refractivity contribution >= 4 is 29.0 Å². The third-order valence-electron chi connectivity index (χ3n) is 4.34. The minimum Gasteiger partial charge on any atom is -0.340 e. The SMILES string of the molecule is CN(C)[C@@H]1CCCN(C(=O)[C@H]2SCCc3sccc32)C1. The van der Waals surface area contributed by atoms with E-state index in [0.29, 0.717) is 11.9 Å². The minimum atomic E-state index is 0.0471. The van der Waals surface area contributed by atoms with Crippen LogP contribution in [-0.2, 0) is 11.2 Å². The van der Waals surface area contributed by atoms with Gasteiger partial charge >= 0.3 is 0 Å². The van der Waals surface area contributed by atoms with Crippen molar-refractivity contribution in [2.45, 2.75) is 30.6 Å². The van der Waals surface area contributed by atoms with E-state index in [1.54, 1.807) is 11.3 Å². The van der Waals surface area contributed by atoms with Crippen LogP contribution in [0.15, 0.2) is 11.4 Å². The lowest BCUT2D eigenvalue weighted by molar-refractivity contribution is -0.132. The fraction of sp³-hybridized carbons (Fsp3) is 0.667. The molecule has 0 radical (unpaired) electrons. The normalized spacial score (nSPS) is 26.6. The van der Waals surface area contributed by atoms with Crippen LogP contribution >= 0.6 is 23.1 Å². The van der Waals surface area contributed by atoms with Crippen molar-refractivity contribution < 1.29 is 4.79 Å². The van der Waals surface area contributed by atoms with E-state index in [1.165, 1.54) is 16.9 Å². The third-order valence-corrected chi connectivity index (χ3v) is 6.56. The molecule has 0 aromatic carbocycles. The summed E-state index contributed by atoms with van der Waals surface area (Å²) in [6.45, 7) is 1.82. The molecule has 20 heavy (non-hydrogen) atoms. The molecule has 1 aromatic heterocycles. The second kappa shape index (κ2) is 6.08. The van der Waals surface area contributed by atoms with Crippen molar-refractivity contribution in [1.82, 2.24) is 9.80 Å². The molecule has 1 amide bonds. The number of carbonyl (C=O) groups excluding carboxylic acids is 1. The molecule has 0 saturated carbocycles. The first-order chi connectivity index (χ1) is 9.66. The van der Waals surface area contributed by atoms with E-state index in [9.17, 15) is 4.79 Å². The smallest absolute Gasteiger partial charge is 0.240 e. The quantitative estimate of drug-likeness (QED) is 0.839. The number of rotatable bonds is 2. The Morgan fingerprint density at radius 3 is 3.10 bits per heavy atom. The number of hydrogen-bond acceptors (Lipinski definition) is 4. The largest absolute Gasteiger partial charge is 0.340 e. The van der Waals surface area contributed by atoms with Crippen LogP contribution in [0.5, 0.6) is 0 Å². The monoisotopic (exact) mass is 310 g/mol. The minimum absolute atomic E-state index is 0.0471. The highest BCUT2D eigenvalue weighted by Gasteiger charge is 2.33. The van der Waals surface area contributed by atoms with E-state index in [2.05, 4.69) is 35.3 Å². The summed E-state index contributed by atoms with van der Waals surface area (Å²) in [5.74, 6) is 1.41. The number of amides is 1. The lowest BCUT2D eigenvalue weighted by atomic mass is 10.0. The van der Waals surface area contributed by atoms with Gasteiger partial charge in [0.2, 0.25) is 5.91 Å². The first-order valence-corrected chi connectivity index (χ1v) is 9.22. The second-order valence-electron chi connectivity index (χ2n) is 5.84. The molecular formula is C15H22N2OS2. The molecule has 1 saturated heterocycles. The molecule has 1 fully saturated rings. The maximum absolute atomic E-state index is 12.9. The lowest BCUT2D eigenvalue weighted by Gasteiger charge is -2.38. The number of likely N-dealkylation sites (tertiary alicyclic amines) is 1. The summed E-state index contributed by atoms with van der Waals surface area (Å²) in [5.41, 5.74) is 1.28. The summed E-state index contributed by atoms with van der Waals surface area (Å²) >= 11 is 3.63. The van der Waals surface area contributed by atoms with Gasteiger partial charge in [0.15, 0.2) is 0 Å². The Bertz CT molecular complexity index is 486. The molecule has 110 valence electrons. The maximum Gasteiger partial charge on any atom is 0.240 e. The van der Waals surface area contributed by atoms with Gasteiger partial charge in [-0.25, -0.2) is 0 Å². The molecule has 5 heteroatoms. The third kappa shape index (κ3) is 2.76. The average Bonchev–Trinajstić information content (AvgIpc) is 2.95. The van der Waals surface area contributed by atoms with Gasteiger partial charge in [-0.1, -0.05) is 0 Å². The molecule has 2 aliphatic rings. The van der Waals surface area contributed by atoms with Gasteiger partial charge in [-0.3, -0.25) is 4.79 Å². The molecular weight excluding hydrogens is 288 g/mol. The predicted molar refractivity (Wildman–Crippen MR) is 86.5 cm³/mol. The van der Waals surface area contributed by atoms with Crippen LogP contribution < -0.4 is 0 Å². The van der Waals surface area contributed by atoms with Crippen molar-refractivity contribution in [3.05, 3.63) is 21.9 Å². The van der Waals surface area contributed by atoms with Gasteiger partial charge < -0.3 is 9.80 Å². The number of fused-ring (bicyclic) bond motifs is 1. The van der Waals surface area contributed by atoms with Gasteiger partial charge in [-0.05, 0) is 56.1 Å². The Hall–Kier alpha value is -0.520. The van der Waals surface area contributed by atoms with Crippen LogP contribution in [0, 0.1) is 0 Å². The molecule has 0 bridgehead atoms. The van der Waals surface area contributed by atoms with Gasteiger partial charge in [-0.2, -0.15) is 0 Å². The Labute approximate surface area is 129 Å². The summed E-state index contributed by atoms with van der Waals surface area (Å²) in [4.78, 5) is 18.6. The van der Waals surface area contributed by atoms with E-state index in [-0.39, 0.29) is 5.25 Å². The highest BCUT2D eigenvalue weighted by Crippen LogP contribution is 2.40. The van der Waals surface area contributed by atoms with Crippen LogP contribution in [0.4, 0.5) is 0 Å². The number of nitrogens with zero attached hydrogens (tertiary/aromatic N) is 2. The molecule has 0 aliphatic carbocycles. The van der Waals surface area contributed by atoms with Crippen molar-refractivity contribution in [3.63, 3.8) is 0 Å². The molecule has 2 aliphatic heterocycles. The molecule has 0 N–H and O–H groups in total. The highest BCUT2D eigenvalue weighted by atomic mass is 32.2. The topological polar surface area (TPSA) is 23.6 Å². The lowest BCUT2D eigenvalue weighted by Crippen LogP contribution is -2.48. The molecule has 0 spiro atoms. The molecule has 3 rings (SSSR count). The van der Waals surface area contributed by atoms with E-state index in [0.717, 1.165) is 31.7 Å². The summed E-state index contributed by atoms with van der Waals surface area (Å²) < 4.78 is 0. The molecule has 3 nitrogen and oxygen atoms in total. The van der Waals surface area contributed by atoms with Crippen LogP contribution in [0.3, 0.4) is 0 Å². The van der Waals surface area contributed by atoms with E-state index in [4.69, 9.17) is 0 Å². The Morgan fingerprint density at radius 1 is 1.45 bits per heavy atom. The van der Waals surface area contributed by atoms with E-state index >= 15 is 0 Å². The number of thioether (sulfide) groups is 1. The zero-order valence-electron chi connectivity index (χ0n) is 12.2. The van der Waals surface area contributed by atoms with Crippen molar-refractivity contribution in [1.29, 1.82) is 0 Å².